The highest BCUT2D eigenvalue weighted by Crippen LogP contribution is 1.82. The average Bonchev–Trinajstić information content (AvgIpc) is 1.35. The summed E-state index contributed by atoms with van der Waals surface area (Å²) >= 11 is 0. The highest BCUT2D eigenvalue weighted by molar-refractivity contribution is 5.66. The lowest BCUT2D eigenvalue weighted by molar-refractivity contribution is -0.137. The van der Waals surface area contributed by atoms with Crippen LogP contribution in [-0.2, 0) is 4.79 Å². The summed E-state index contributed by atoms with van der Waals surface area (Å²) in [6, 6.07) is 0. The quantitative estimate of drug-likeness (QED) is 0.554. The SMILES string of the molecule is CCCC(=O)O.N.[N]. The van der Waals surface area contributed by atoms with E-state index in [1.807, 2.05) is 6.92 Å². The summed E-state index contributed by atoms with van der Waals surface area (Å²) in [5.41, 5.74) is 0. The zero-order valence-electron chi connectivity index (χ0n) is 4.92. The van der Waals surface area contributed by atoms with Gasteiger partial charge in [-0.05, 0) is 6.42 Å². The Balaban J connectivity index is -0.000000125. The number of hydrogen-bond donors (Lipinski definition) is 2. The maximum absolute atomic E-state index is 9.60. The lowest BCUT2D eigenvalue weighted by Gasteiger charge is -1.79. The van der Waals surface area contributed by atoms with Crippen molar-refractivity contribution in [2.75, 3.05) is 0 Å². The third-order valence-corrected chi connectivity index (χ3v) is 0.464. The van der Waals surface area contributed by atoms with Crippen molar-refractivity contribution in [1.82, 2.24) is 12.3 Å². The molecule has 0 atom stereocenters. The van der Waals surface area contributed by atoms with Crippen LogP contribution < -0.4 is 12.3 Å². The van der Waals surface area contributed by atoms with E-state index in [1.54, 1.807) is 0 Å². The molecule has 4 nitrogen and oxygen atoms in total. The maximum atomic E-state index is 9.60. The summed E-state index contributed by atoms with van der Waals surface area (Å²) in [4.78, 5) is 9.60. The van der Waals surface area contributed by atoms with Gasteiger partial charge in [0.25, 0.3) is 0 Å². The van der Waals surface area contributed by atoms with E-state index in [2.05, 4.69) is 0 Å². The molecule has 0 spiro atoms. The molecular weight excluding hydrogens is 108 g/mol. The van der Waals surface area contributed by atoms with Gasteiger partial charge in [-0.3, -0.25) is 4.79 Å². The van der Waals surface area contributed by atoms with E-state index >= 15 is 0 Å². The summed E-state index contributed by atoms with van der Waals surface area (Å²) in [6.45, 7) is 1.84. The Morgan fingerprint density at radius 2 is 2.00 bits per heavy atom. The molecule has 4 N–H and O–H groups in total. The summed E-state index contributed by atoms with van der Waals surface area (Å²) < 4.78 is 0. The van der Waals surface area contributed by atoms with Crippen LogP contribution in [0.3, 0.4) is 0 Å². The Labute approximate surface area is 49.1 Å². The van der Waals surface area contributed by atoms with Crippen LogP contribution in [0.2, 0.25) is 0 Å². The van der Waals surface area contributed by atoms with Crippen molar-refractivity contribution in [2.45, 2.75) is 19.8 Å². The number of carboxylic acids is 1. The molecule has 8 heavy (non-hydrogen) atoms. The van der Waals surface area contributed by atoms with Gasteiger partial charge in [-0.25, -0.2) is 0 Å². The fourth-order valence-electron chi connectivity index (χ4n) is 0.214. The van der Waals surface area contributed by atoms with Gasteiger partial charge in [0.1, 0.15) is 0 Å². The lowest BCUT2D eigenvalue weighted by atomic mass is 10.4. The minimum Gasteiger partial charge on any atom is -0.481 e. The van der Waals surface area contributed by atoms with Gasteiger partial charge >= 0.3 is 5.97 Å². The second-order valence-electron chi connectivity index (χ2n) is 1.14. The zero-order chi connectivity index (χ0) is 4.99. The van der Waals surface area contributed by atoms with Crippen LogP contribution in [0.5, 0.6) is 0 Å². The fourth-order valence-corrected chi connectivity index (χ4v) is 0.214. The van der Waals surface area contributed by atoms with Crippen LogP contribution >= 0.6 is 0 Å². The van der Waals surface area contributed by atoms with Crippen molar-refractivity contribution in [3.05, 3.63) is 0 Å². The summed E-state index contributed by atoms with van der Waals surface area (Å²) in [5, 5.41) is 7.91. The highest BCUT2D eigenvalue weighted by atomic mass is 16.4. The van der Waals surface area contributed by atoms with Crippen molar-refractivity contribution in [3.8, 4) is 0 Å². The van der Waals surface area contributed by atoms with E-state index in [1.165, 1.54) is 0 Å². The number of aliphatic carboxylic acids is 1. The van der Waals surface area contributed by atoms with Gasteiger partial charge in [0, 0.05) is 12.6 Å². The number of rotatable bonds is 2. The molecule has 0 amide bonds. The number of carbonyl (C=O) groups is 1. The Hall–Kier alpha value is -0.610. The maximum Gasteiger partial charge on any atom is 0.303 e. The molecule has 0 rings (SSSR count). The summed E-state index contributed by atoms with van der Waals surface area (Å²) in [7, 11) is 0. The van der Waals surface area contributed by atoms with Crippen molar-refractivity contribution >= 4 is 5.97 Å². The molecule has 0 aliphatic heterocycles. The largest absolute Gasteiger partial charge is 0.481 e. The first-order valence-corrected chi connectivity index (χ1v) is 1.99. The van der Waals surface area contributed by atoms with E-state index in [0.717, 1.165) is 6.42 Å². The van der Waals surface area contributed by atoms with Crippen LogP contribution in [0.25, 0.3) is 0 Å². The van der Waals surface area contributed by atoms with Crippen LogP contribution in [0.4, 0.5) is 0 Å². The molecule has 0 aromatic heterocycles. The predicted octanol–water partition coefficient (Wildman–Crippen LogP) is 0.553. The third-order valence-electron chi connectivity index (χ3n) is 0.464. The van der Waals surface area contributed by atoms with E-state index in [-0.39, 0.29) is 12.3 Å². The van der Waals surface area contributed by atoms with Crippen molar-refractivity contribution < 1.29 is 9.90 Å². The monoisotopic (exact) mass is 119 g/mol. The van der Waals surface area contributed by atoms with E-state index in [9.17, 15) is 4.79 Å². The summed E-state index contributed by atoms with van der Waals surface area (Å²) in [5.74, 6) is -0.711. The van der Waals surface area contributed by atoms with Gasteiger partial charge in [-0.15, -0.1) is 0 Å². The topological polar surface area (TPSA) is 103 Å². The summed E-state index contributed by atoms with van der Waals surface area (Å²) in [6.07, 6.45) is 1.02. The zero-order valence-corrected chi connectivity index (χ0v) is 4.92. The molecule has 0 fully saturated rings. The van der Waals surface area contributed by atoms with Crippen molar-refractivity contribution in [3.63, 3.8) is 0 Å². The minimum absolute atomic E-state index is 0. The minimum atomic E-state index is -0.711. The standard InChI is InChI=1S/C4H8O2.H3N.N/c1-2-3-4(5)6;;/h2-3H2,1H3,(H,5,6);1H3;. The van der Waals surface area contributed by atoms with Crippen LogP contribution in [0.15, 0.2) is 0 Å². The molecule has 0 bridgehead atoms. The van der Waals surface area contributed by atoms with Crippen molar-refractivity contribution in [1.29, 1.82) is 0 Å². The first kappa shape index (κ1) is 15.7. The molecular formula is C4H11N2O2. The number of hydrogen-bond acceptors (Lipinski definition) is 2. The Kier molecular flexibility index (Phi) is 18.9. The second kappa shape index (κ2) is 9.63. The van der Waals surface area contributed by atoms with Gasteiger partial charge in [0.05, 0.1) is 0 Å². The molecule has 49 valence electrons. The molecule has 0 aliphatic rings. The van der Waals surface area contributed by atoms with Gasteiger partial charge in [0.15, 0.2) is 0 Å². The van der Waals surface area contributed by atoms with Gasteiger partial charge in [-0.2, -0.15) is 0 Å². The molecule has 0 saturated carbocycles. The Morgan fingerprint density at radius 1 is 1.62 bits per heavy atom. The Bertz CT molecular complexity index is 56.0. The smallest absolute Gasteiger partial charge is 0.303 e. The second-order valence-corrected chi connectivity index (χ2v) is 1.14. The molecule has 0 heterocycles. The number of carboxylic acid groups (broad SMARTS) is 1. The van der Waals surface area contributed by atoms with E-state index in [4.69, 9.17) is 5.11 Å². The Morgan fingerprint density at radius 3 is 2.00 bits per heavy atom. The van der Waals surface area contributed by atoms with Crippen LogP contribution in [0, 0.1) is 0 Å². The van der Waals surface area contributed by atoms with E-state index in [0.29, 0.717) is 6.42 Å². The molecule has 0 saturated heterocycles. The molecule has 3 radical (unpaired) electrons. The van der Waals surface area contributed by atoms with Gasteiger partial charge < -0.3 is 11.3 Å². The molecule has 0 aromatic rings. The first-order chi connectivity index (χ1) is 2.77. The van der Waals surface area contributed by atoms with E-state index < -0.39 is 5.97 Å². The van der Waals surface area contributed by atoms with Gasteiger partial charge in [-0.1, -0.05) is 6.92 Å². The predicted molar refractivity (Wildman–Crippen MR) is 29.7 cm³/mol. The third kappa shape index (κ3) is 18.2. The molecule has 0 aromatic carbocycles. The molecule has 4 heteroatoms. The van der Waals surface area contributed by atoms with Gasteiger partial charge in [0.2, 0.25) is 0 Å². The average molecular weight is 119 g/mol. The normalized spacial score (nSPS) is 6.12. The highest BCUT2D eigenvalue weighted by Gasteiger charge is 1.87. The molecule has 0 aliphatic carbocycles. The lowest BCUT2D eigenvalue weighted by Crippen LogP contribution is -1.90. The number of nitrogens with zero attached hydrogens (tertiary/aromatic N) is 1. The van der Waals surface area contributed by atoms with Crippen LogP contribution in [0.1, 0.15) is 19.8 Å². The fraction of sp³-hybridized carbons (Fsp3) is 0.750. The first-order valence-electron chi connectivity index (χ1n) is 1.99. The molecule has 0 unspecified atom stereocenters. The van der Waals surface area contributed by atoms with Crippen molar-refractivity contribution in [2.24, 2.45) is 0 Å². The van der Waals surface area contributed by atoms with Crippen LogP contribution in [-0.4, -0.2) is 11.1 Å².